The highest BCUT2D eigenvalue weighted by Gasteiger charge is 2.00. The molecule has 0 atom stereocenters. The summed E-state index contributed by atoms with van der Waals surface area (Å²) in [6.45, 7) is 3.67. The molecule has 16 heavy (non-hydrogen) atoms. The van der Waals surface area contributed by atoms with Crippen molar-refractivity contribution in [2.45, 2.75) is 6.42 Å². The van der Waals surface area contributed by atoms with Gasteiger partial charge in [0.25, 0.3) is 0 Å². The molecule has 2 rings (SSSR count). The Kier molecular flexibility index (Phi) is 3.28. The Balaban J connectivity index is 2.15. The number of rotatable bonds is 4. The van der Waals surface area contributed by atoms with Gasteiger partial charge in [-0.1, -0.05) is 24.3 Å². The van der Waals surface area contributed by atoms with Crippen LogP contribution in [0, 0.1) is 0 Å². The summed E-state index contributed by atoms with van der Waals surface area (Å²) in [6.07, 6.45) is 4.20. The van der Waals surface area contributed by atoms with E-state index >= 15 is 0 Å². The van der Waals surface area contributed by atoms with Gasteiger partial charge in [-0.3, -0.25) is 0 Å². The van der Waals surface area contributed by atoms with E-state index in [1.54, 1.807) is 12.3 Å². The molecule has 0 amide bonds. The van der Waals surface area contributed by atoms with Crippen LogP contribution in [0.15, 0.2) is 55.3 Å². The number of para-hydroxylation sites is 1. The molecule has 0 aliphatic heterocycles. The van der Waals surface area contributed by atoms with Crippen LogP contribution in [0.1, 0.15) is 5.69 Å². The molecule has 0 N–H and O–H groups in total. The van der Waals surface area contributed by atoms with Crippen molar-refractivity contribution >= 4 is 0 Å². The van der Waals surface area contributed by atoms with E-state index in [1.165, 1.54) is 0 Å². The van der Waals surface area contributed by atoms with Crippen molar-refractivity contribution in [1.82, 2.24) is 9.97 Å². The summed E-state index contributed by atoms with van der Waals surface area (Å²) < 4.78 is 5.51. The first-order chi connectivity index (χ1) is 7.88. The van der Waals surface area contributed by atoms with Crippen LogP contribution in [-0.4, -0.2) is 9.97 Å². The van der Waals surface area contributed by atoms with E-state index in [4.69, 9.17) is 4.74 Å². The highest BCUT2D eigenvalue weighted by atomic mass is 16.5. The van der Waals surface area contributed by atoms with Gasteiger partial charge in [0.2, 0.25) is 0 Å². The molecule has 1 heterocycles. The van der Waals surface area contributed by atoms with Crippen LogP contribution < -0.4 is 4.74 Å². The van der Waals surface area contributed by atoms with Gasteiger partial charge in [0.05, 0.1) is 5.69 Å². The molecule has 0 spiro atoms. The minimum Gasteiger partial charge on any atom is -0.424 e. The molecule has 1 aromatic heterocycles. The molecule has 3 heteroatoms. The van der Waals surface area contributed by atoms with Crippen LogP contribution in [-0.2, 0) is 6.42 Å². The second kappa shape index (κ2) is 5.07. The Morgan fingerprint density at radius 3 is 2.75 bits per heavy atom. The zero-order valence-corrected chi connectivity index (χ0v) is 8.84. The lowest BCUT2D eigenvalue weighted by atomic mass is 10.3. The second-order valence-corrected chi connectivity index (χ2v) is 3.24. The first-order valence-electron chi connectivity index (χ1n) is 5.04. The molecule has 0 unspecified atom stereocenters. The molecule has 0 bridgehead atoms. The van der Waals surface area contributed by atoms with Crippen LogP contribution in [0.2, 0.25) is 0 Å². The lowest BCUT2D eigenvalue weighted by Crippen LogP contribution is -1.94. The van der Waals surface area contributed by atoms with Crippen molar-refractivity contribution < 1.29 is 4.74 Å². The number of hydrogen-bond donors (Lipinski definition) is 0. The van der Waals surface area contributed by atoms with E-state index < -0.39 is 0 Å². The number of aromatic nitrogens is 2. The molecule has 0 fully saturated rings. The summed E-state index contributed by atoms with van der Waals surface area (Å²) in [5.41, 5.74) is 0.899. The van der Waals surface area contributed by atoms with Gasteiger partial charge in [-0.15, -0.1) is 6.58 Å². The van der Waals surface area contributed by atoms with Crippen LogP contribution in [0.25, 0.3) is 0 Å². The monoisotopic (exact) mass is 212 g/mol. The summed E-state index contributed by atoms with van der Waals surface area (Å²) in [5.74, 6) is 0.734. The Labute approximate surface area is 94.4 Å². The van der Waals surface area contributed by atoms with E-state index in [1.807, 2.05) is 36.4 Å². The van der Waals surface area contributed by atoms with Crippen molar-refractivity contribution in [3.05, 3.63) is 60.9 Å². The topological polar surface area (TPSA) is 35.0 Å². The highest BCUT2D eigenvalue weighted by Crippen LogP contribution is 2.16. The minimum atomic E-state index is 0.366. The maximum Gasteiger partial charge on any atom is 0.322 e. The SMILES string of the molecule is C=CCc1ccnc(Oc2ccccc2)n1. The average molecular weight is 212 g/mol. The quantitative estimate of drug-likeness (QED) is 0.731. The first-order valence-corrected chi connectivity index (χ1v) is 5.04. The van der Waals surface area contributed by atoms with E-state index in [9.17, 15) is 0 Å². The highest BCUT2D eigenvalue weighted by molar-refractivity contribution is 5.24. The van der Waals surface area contributed by atoms with Gasteiger partial charge in [0, 0.05) is 12.6 Å². The predicted molar refractivity (Wildman–Crippen MR) is 62.4 cm³/mol. The van der Waals surface area contributed by atoms with E-state index in [0.29, 0.717) is 12.4 Å². The smallest absolute Gasteiger partial charge is 0.322 e. The van der Waals surface area contributed by atoms with Crippen molar-refractivity contribution in [3.63, 3.8) is 0 Å². The van der Waals surface area contributed by atoms with Crippen molar-refractivity contribution in [2.24, 2.45) is 0 Å². The molecule has 80 valence electrons. The lowest BCUT2D eigenvalue weighted by molar-refractivity contribution is 0.440. The Hall–Kier alpha value is -2.16. The van der Waals surface area contributed by atoms with Crippen LogP contribution in [0.4, 0.5) is 0 Å². The molecule has 0 saturated carbocycles. The molecule has 0 aliphatic rings. The second-order valence-electron chi connectivity index (χ2n) is 3.24. The fraction of sp³-hybridized carbons (Fsp3) is 0.0769. The van der Waals surface area contributed by atoms with Crippen LogP contribution >= 0.6 is 0 Å². The minimum absolute atomic E-state index is 0.366. The maximum atomic E-state index is 5.51. The normalized spacial score (nSPS) is 9.75. The van der Waals surface area contributed by atoms with Crippen molar-refractivity contribution in [2.75, 3.05) is 0 Å². The fourth-order valence-electron chi connectivity index (χ4n) is 1.28. The number of ether oxygens (including phenoxy) is 1. The van der Waals surface area contributed by atoms with Gasteiger partial charge in [-0.25, -0.2) is 4.98 Å². The van der Waals surface area contributed by atoms with Crippen molar-refractivity contribution in [1.29, 1.82) is 0 Å². The average Bonchev–Trinajstić information content (AvgIpc) is 2.31. The van der Waals surface area contributed by atoms with E-state index in [2.05, 4.69) is 16.5 Å². The molecule has 0 aliphatic carbocycles. The van der Waals surface area contributed by atoms with Gasteiger partial charge in [0.15, 0.2) is 0 Å². The standard InChI is InChI=1S/C13H12N2O/c1-2-6-11-9-10-14-13(15-11)16-12-7-4-3-5-8-12/h2-5,7-10H,1,6H2. The van der Waals surface area contributed by atoms with E-state index in [0.717, 1.165) is 11.4 Å². The summed E-state index contributed by atoms with van der Waals surface area (Å²) >= 11 is 0. The Morgan fingerprint density at radius 1 is 1.19 bits per heavy atom. The molecule has 0 saturated heterocycles. The van der Waals surface area contributed by atoms with Gasteiger partial charge in [-0.2, -0.15) is 4.98 Å². The number of allylic oxidation sites excluding steroid dienone is 1. The lowest BCUT2D eigenvalue weighted by Gasteiger charge is -2.03. The third-order valence-electron chi connectivity index (χ3n) is 2.00. The fourth-order valence-corrected chi connectivity index (χ4v) is 1.28. The van der Waals surface area contributed by atoms with Crippen LogP contribution in [0.3, 0.4) is 0 Å². The summed E-state index contributed by atoms with van der Waals surface area (Å²) in [6, 6.07) is 11.7. The Bertz CT molecular complexity index is 468. The predicted octanol–water partition coefficient (Wildman–Crippen LogP) is 3.00. The molecule has 0 radical (unpaired) electrons. The first kappa shape index (κ1) is 10.4. The zero-order valence-electron chi connectivity index (χ0n) is 8.84. The summed E-state index contributed by atoms with van der Waals surface area (Å²) in [4.78, 5) is 8.30. The molecular formula is C13H12N2O. The number of nitrogens with zero attached hydrogens (tertiary/aromatic N) is 2. The van der Waals surface area contributed by atoms with Crippen molar-refractivity contribution in [3.8, 4) is 11.8 Å². The molecule has 2 aromatic rings. The zero-order chi connectivity index (χ0) is 11.2. The molecular weight excluding hydrogens is 200 g/mol. The third kappa shape index (κ3) is 2.67. The largest absolute Gasteiger partial charge is 0.424 e. The Morgan fingerprint density at radius 2 is 2.00 bits per heavy atom. The van der Waals surface area contributed by atoms with Crippen LogP contribution in [0.5, 0.6) is 11.8 Å². The van der Waals surface area contributed by atoms with Gasteiger partial charge in [-0.05, 0) is 18.2 Å². The third-order valence-corrected chi connectivity index (χ3v) is 2.00. The maximum absolute atomic E-state index is 5.51. The van der Waals surface area contributed by atoms with Gasteiger partial charge < -0.3 is 4.74 Å². The van der Waals surface area contributed by atoms with E-state index in [-0.39, 0.29) is 0 Å². The molecule has 1 aromatic carbocycles. The number of hydrogen-bond acceptors (Lipinski definition) is 3. The number of benzene rings is 1. The summed E-state index contributed by atoms with van der Waals surface area (Å²) in [7, 11) is 0. The molecule has 3 nitrogen and oxygen atoms in total. The van der Waals surface area contributed by atoms with Gasteiger partial charge in [0.1, 0.15) is 5.75 Å². The summed E-state index contributed by atoms with van der Waals surface area (Å²) in [5, 5.41) is 0. The van der Waals surface area contributed by atoms with Gasteiger partial charge >= 0.3 is 6.01 Å².